The first-order chi connectivity index (χ1) is 6.63. The zero-order valence-electron chi connectivity index (χ0n) is 7.21. The zero-order chi connectivity index (χ0) is 10.6. The van der Waals surface area contributed by atoms with Crippen LogP contribution in [0.1, 0.15) is 0 Å². The van der Waals surface area contributed by atoms with Crippen molar-refractivity contribution in [2.45, 2.75) is 6.10 Å². The van der Waals surface area contributed by atoms with Crippen molar-refractivity contribution in [3.63, 3.8) is 0 Å². The van der Waals surface area contributed by atoms with Gasteiger partial charge in [-0.15, -0.1) is 11.6 Å². The van der Waals surface area contributed by atoms with E-state index in [0.717, 1.165) is 0 Å². The number of benzene rings is 1. The van der Waals surface area contributed by atoms with Crippen LogP contribution < -0.4 is 4.74 Å². The van der Waals surface area contributed by atoms with Crippen LogP contribution in [0.25, 0.3) is 0 Å². The van der Waals surface area contributed by atoms with E-state index in [1.54, 1.807) is 6.07 Å². The quantitative estimate of drug-likeness (QED) is 0.861. The Morgan fingerprint density at radius 2 is 2.29 bits per heavy atom. The summed E-state index contributed by atoms with van der Waals surface area (Å²) in [5.74, 6) is 0.0664. The highest BCUT2D eigenvalue weighted by Crippen LogP contribution is 2.20. The fourth-order valence-electron chi connectivity index (χ4n) is 0.804. The van der Waals surface area contributed by atoms with Gasteiger partial charge < -0.3 is 9.84 Å². The van der Waals surface area contributed by atoms with Gasteiger partial charge in [0.25, 0.3) is 0 Å². The molecule has 0 aliphatic rings. The lowest BCUT2D eigenvalue weighted by Gasteiger charge is -2.09. The Morgan fingerprint density at radius 3 is 2.86 bits per heavy atom. The molecule has 0 spiro atoms. The first kappa shape index (κ1) is 11.8. The normalized spacial score (nSPS) is 12.6. The van der Waals surface area contributed by atoms with Gasteiger partial charge in [-0.2, -0.15) is 0 Å². The standard InChI is InChI=1S/C9H9BrClFO2/c10-8-2-1-7(3-9(8)12)14-5-6(13)4-11/h1-3,6,13H,4-5H2. The summed E-state index contributed by atoms with van der Waals surface area (Å²) in [7, 11) is 0. The Balaban J connectivity index is 2.55. The Hall–Kier alpha value is -0.320. The van der Waals surface area contributed by atoms with Crippen LogP contribution in [0.15, 0.2) is 22.7 Å². The number of hydrogen-bond acceptors (Lipinski definition) is 2. The van der Waals surface area contributed by atoms with Gasteiger partial charge in [0.15, 0.2) is 0 Å². The summed E-state index contributed by atoms with van der Waals surface area (Å²) in [4.78, 5) is 0. The van der Waals surface area contributed by atoms with Crippen LogP contribution in [0.3, 0.4) is 0 Å². The second-order valence-corrected chi connectivity index (χ2v) is 3.86. The molecule has 1 atom stereocenters. The van der Waals surface area contributed by atoms with Crippen molar-refractivity contribution in [1.82, 2.24) is 0 Å². The second-order valence-electron chi connectivity index (χ2n) is 2.70. The lowest BCUT2D eigenvalue weighted by molar-refractivity contribution is 0.125. The molecule has 0 bridgehead atoms. The molecule has 1 aromatic carbocycles. The van der Waals surface area contributed by atoms with Crippen LogP contribution in [0, 0.1) is 5.82 Å². The topological polar surface area (TPSA) is 29.5 Å². The molecule has 1 rings (SSSR count). The molecular weight excluding hydrogens is 274 g/mol. The van der Waals surface area contributed by atoms with E-state index in [1.165, 1.54) is 12.1 Å². The molecule has 0 aliphatic heterocycles. The summed E-state index contributed by atoms with van der Waals surface area (Å²) in [6.07, 6.45) is -0.733. The van der Waals surface area contributed by atoms with E-state index < -0.39 is 11.9 Å². The summed E-state index contributed by atoms with van der Waals surface area (Å²) in [6, 6.07) is 4.39. The van der Waals surface area contributed by atoms with Crippen molar-refractivity contribution in [2.24, 2.45) is 0 Å². The highest BCUT2D eigenvalue weighted by molar-refractivity contribution is 9.10. The molecule has 78 valence electrons. The van der Waals surface area contributed by atoms with Crippen LogP contribution in [-0.4, -0.2) is 23.7 Å². The molecule has 0 aromatic heterocycles. The molecule has 5 heteroatoms. The van der Waals surface area contributed by atoms with Gasteiger partial charge in [-0.05, 0) is 28.1 Å². The maximum Gasteiger partial charge on any atom is 0.141 e. The minimum absolute atomic E-state index is 0.0601. The van der Waals surface area contributed by atoms with E-state index in [9.17, 15) is 4.39 Å². The van der Waals surface area contributed by atoms with Crippen molar-refractivity contribution in [3.8, 4) is 5.75 Å². The Kier molecular flexibility index (Phi) is 4.65. The summed E-state index contributed by atoms with van der Waals surface area (Å²) in [5.41, 5.74) is 0. The SMILES string of the molecule is OC(CCl)COc1ccc(Br)c(F)c1. The third kappa shape index (κ3) is 3.44. The number of aliphatic hydroxyl groups is 1. The maximum absolute atomic E-state index is 13.0. The summed E-state index contributed by atoms with van der Waals surface area (Å²) < 4.78 is 18.4. The van der Waals surface area contributed by atoms with Gasteiger partial charge in [0.1, 0.15) is 24.3 Å². The first-order valence-electron chi connectivity index (χ1n) is 3.95. The summed E-state index contributed by atoms with van der Waals surface area (Å²) in [6.45, 7) is 0.0601. The lowest BCUT2D eigenvalue weighted by Crippen LogP contribution is -2.18. The highest BCUT2D eigenvalue weighted by Gasteiger charge is 2.05. The van der Waals surface area contributed by atoms with E-state index >= 15 is 0 Å². The monoisotopic (exact) mass is 282 g/mol. The zero-order valence-corrected chi connectivity index (χ0v) is 9.55. The van der Waals surface area contributed by atoms with Gasteiger partial charge in [0.05, 0.1) is 10.4 Å². The third-order valence-corrected chi connectivity index (χ3v) is 2.51. The summed E-state index contributed by atoms with van der Waals surface area (Å²) >= 11 is 8.39. The second kappa shape index (κ2) is 5.53. The molecule has 0 radical (unpaired) electrons. The number of rotatable bonds is 4. The first-order valence-corrected chi connectivity index (χ1v) is 5.28. The number of hydrogen-bond donors (Lipinski definition) is 1. The average molecular weight is 284 g/mol. The summed E-state index contributed by atoms with van der Waals surface area (Å²) in [5, 5.41) is 9.08. The van der Waals surface area contributed by atoms with Gasteiger partial charge >= 0.3 is 0 Å². The molecule has 0 heterocycles. The van der Waals surface area contributed by atoms with Gasteiger partial charge in [-0.1, -0.05) is 0 Å². The molecule has 1 unspecified atom stereocenters. The molecule has 1 aromatic rings. The van der Waals surface area contributed by atoms with E-state index in [2.05, 4.69) is 15.9 Å². The average Bonchev–Trinajstić information content (AvgIpc) is 2.19. The number of alkyl halides is 1. The van der Waals surface area contributed by atoms with Crippen LogP contribution in [0.5, 0.6) is 5.75 Å². The van der Waals surface area contributed by atoms with Crippen LogP contribution in [-0.2, 0) is 0 Å². The molecule has 1 N–H and O–H groups in total. The highest BCUT2D eigenvalue weighted by atomic mass is 79.9. The largest absolute Gasteiger partial charge is 0.491 e. The fraction of sp³-hybridized carbons (Fsp3) is 0.333. The molecule has 0 saturated carbocycles. The van der Waals surface area contributed by atoms with Crippen LogP contribution >= 0.6 is 27.5 Å². The van der Waals surface area contributed by atoms with E-state index in [0.29, 0.717) is 10.2 Å². The fourth-order valence-corrected chi connectivity index (χ4v) is 1.14. The van der Waals surface area contributed by atoms with Crippen molar-refractivity contribution in [1.29, 1.82) is 0 Å². The van der Waals surface area contributed by atoms with E-state index in [1.807, 2.05) is 0 Å². The third-order valence-electron chi connectivity index (χ3n) is 1.51. The van der Waals surface area contributed by atoms with Crippen LogP contribution in [0.4, 0.5) is 4.39 Å². The number of ether oxygens (including phenoxy) is 1. The Labute approximate surface area is 94.8 Å². The predicted molar refractivity (Wildman–Crippen MR) is 56.3 cm³/mol. The minimum Gasteiger partial charge on any atom is -0.491 e. The van der Waals surface area contributed by atoms with Crippen molar-refractivity contribution in [3.05, 3.63) is 28.5 Å². The van der Waals surface area contributed by atoms with E-state index in [-0.39, 0.29) is 12.5 Å². The molecule has 0 saturated heterocycles. The van der Waals surface area contributed by atoms with Crippen molar-refractivity contribution >= 4 is 27.5 Å². The van der Waals surface area contributed by atoms with Gasteiger partial charge in [0, 0.05) is 6.07 Å². The Bertz CT molecular complexity index is 309. The Morgan fingerprint density at radius 1 is 1.57 bits per heavy atom. The molecule has 0 aliphatic carbocycles. The van der Waals surface area contributed by atoms with Gasteiger partial charge in [-0.3, -0.25) is 0 Å². The molecule has 14 heavy (non-hydrogen) atoms. The van der Waals surface area contributed by atoms with Crippen molar-refractivity contribution < 1.29 is 14.2 Å². The van der Waals surface area contributed by atoms with Gasteiger partial charge in [-0.25, -0.2) is 4.39 Å². The smallest absolute Gasteiger partial charge is 0.141 e. The molecular formula is C9H9BrClFO2. The van der Waals surface area contributed by atoms with Crippen LogP contribution in [0.2, 0.25) is 0 Å². The number of aliphatic hydroxyl groups excluding tert-OH is 1. The van der Waals surface area contributed by atoms with E-state index in [4.69, 9.17) is 21.4 Å². The minimum atomic E-state index is -0.733. The number of halogens is 3. The predicted octanol–water partition coefficient (Wildman–Crippen LogP) is 2.57. The molecule has 0 fully saturated rings. The lowest BCUT2D eigenvalue weighted by atomic mass is 10.3. The van der Waals surface area contributed by atoms with Crippen molar-refractivity contribution in [2.75, 3.05) is 12.5 Å². The van der Waals surface area contributed by atoms with Gasteiger partial charge in [0.2, 0.25) is 0 Å². The molecule has 2 nitrogen and oxygen atoms in total. The molecule has 0 amide bonds. The maximum atomic E-state index is 13.0.